The van der Waals surface area contributed by atoms with Crippen LogP contribution in [0.1, 0.15) is 21.5 Å². The molecule has 0 saturated carbocycles. The first-order chi connectivity index (χ1) is 16.0. The molecule has 194 valence electrons. The van der Waals surface area contributed by atoms with E-state index in [1.807, 2.05) is 48.5 Å². The van der Waals surface area contributed by atoms with Crippen LogP contribution in [0.2, 0.25) is 0 Å². The van der Waals surface area contributed by atoms with Crippen molar-refractivity contribution in [2.45, 2.75) is 6.54 Å². The Balaban J connectivity index is 0.00000324. The van der Waals surface area contributed by atoms with Crippen LogP contribution in [0, 0.1) is 0 Å². The normalized spacial score (nSPS) is 11.5. The first-order valence-corrected chi connectivity index (χ1v) is 11.7. The van der Waals surface area contributed by atoms with Crippen molar-refractivity contribution in [2.75, 3.05) is 55.4 Å². The summed E-state index contributed by atoms with van der Waals surface area (Å²) in [5.41, 5.74) is 4.99. The van der Waals surface area contributed by atoms with E-state index in [2.05, 4.69) is 72.6 Å². The van der Waals surface area contributed by atoms with Crippen molar-refractivity contribution < 1.29 is 66.5 Å². The number of rotatable bonds is 10. The lowest BCUT2D eigenvalue weighted by Crippen LogP contribution is -3.00. The molecule has 0 radical (unpaired) electrons. The molecule has 0 atom stereocenters. The van der Waals surface area contributed by atoms with Crippen LogP contribution >= 0.6 is 0 Å². The van der Waals surface area contributed by atoms with E-state index in [0.29, 0.717) is 12.2 Å². The first-order valence-electron chi connectivity index (χ1n) is 11.7. The van der Waals surface area contributed by atoms with E-state index in [0.717, 1.165) is 50.1 Å². The van der Waals surface area contributed by atoms with Crippen molar-refractivity contribution in [3.8, 4) is 16.9 Å². The lowest BCUT2D eigenvalue weighted by atomic mass is 10.0. The van der Waals surface area contributed by atoms with Crippen LogP contribution in [0.3, 0.4) is 0 Å². The summed E-state index contributed by atoms with van der Waals surface area (Å²) in [6.07, 6.45) is 3.53. The quantitative estimate of drug-likeness (QED) is 0.123. The molecule has 0 aromatic heterocycles. The van der Waals surface area contributed by atoms with Gasteiger partial charge in [-0.15, -0.1) is 0 Å². The van der Waals surface area contributed by atoms with Gasteiger partial charge in [0.05, 0.1) is 42.3 Å². The zero-order valence-corrected chi connectivity index (χ0v) is 26.5. The minimum Gasteiger partial charge on any atom is -1.00 e. The van der Waals surface area contributed by atoms with Crippen LogP contribution in [0.4, 0.5) is 0 Å². The number of quaternary nitrogens is 2. The molecule has 0 aliphatic heterocycles. The largest absolute Gasteiger partial charge is 1.00 e. The van der Waals surface area contributed by atoms with Gasteiger partial charge in [0, 0.05) is 16.7 Å². The van der Waals surface area contributed by atoms with Gasteiger partial charge in [0.15, 0.2) is 5.78 Å². The van der Waals surface area contributed by atoms with E-state index in [1.165, 1.54) is 0 Å². The molecular weight excluding hydrogens is 674 g/mol. The molecule has 0 N–H and O–H groups in total. The van der Waals surface area contributed by atoms with Crippen molar-refractivity contribution in [1.29, 1.82) is 0 Å². The van der Waals surface area contributed by atoms with E-state index >= 15 is 0 Å². The lowest BCUT2D eigenvalue weighted by Gasteiger charge is -2.24. The Hall–Kier alpha value is -1.75. The number of nitrogens with zero attached hydrogens (tertiary/aromatic N) is 2. The van der Waals surface area contributed by atoms with Crippen LogP contribution in [0.25, 0.3) is 17.2 Å². The Kier molecular flexibility index (Phi) is 12.8. The minimum absolute atomic E-state index is 0. The lowest BCUT2D eigenvalue weighted by molar-refractivity contribution is -0.884. The number of allylic oxidation sites excluding steroid dienone is 1. The van der Waals surface area contributed by atoms with Gasteiger partial charge in [-0.2, -0.15) is 0 Å². The van der Waals surface area contributed by atoms with Gasteiger partial charge < -0.3 is 61.7 Å². The van der Waals surface area contributed by atoms with Gasteiger partial charge in [0.1, 0.15) is 25.4 Å². The predicted molar refractivity (Wildman–Crippen MR) is 142 cm³/mol. The standard InChI is InChI=1S/C30H38N2O2.2HI/c1-31(2,3)19-20-34-30-18-16-26(25-12-8-7-9-13-25)22-28(30)15-17-29(33)27-14-10-11-24(21-27)23-32(4,5)6;;/h7-18,21-22H,19-20,23H2,1-6H3;2*1H/q+2;;/p-2/b17-15+;;. The van der Waals surface area contributed by atoms with Gasteiger partial charge in [-0.05, 0) is 41.5 Å². The maximum Gasteiger partial charge on any atom is 0.185 e. The molecule has 0 heterocycles. The highest BCUT2D eigenvalue weighted by Crippen LogP contribution is 2.28. The number of hydrogen-bond acceptors (Lipinski definition) is 2. The van der Waals surface area contributed by atoms with Gasteiger partial charge in [-0.3, -0.25) is 4.79 Å². The van der Waals surface area contributed by atoms with Crippen LogP contribution in [-0.2, 0) is 6.54 Å². The Labute approximate surface area is 251 Å². The molecule has 0 spiro atoms. The summed E-state index contributed by atoms with van der Waals surface area (Å²) in [5.74, 6) is 0.779. The second-order valence-electron chi connectivity index (χ2n) is 10.8. The van der Waals surface area contributed by atoms with Crippen molar-refractivity contribution >= 4 is 11.9 Å². The average Bonchev–Trinajstić information content (AvgIpc) is 2.77. The number of benzene rings is 3. The van der Waals surface area contributed by atoms with Crippen molar-refractivity contribution in [2.24, 2.45) is 0 Å². The van der Waals surface area contributed by atoms with Gasteiger partial charge >= 0.3 is 0 Å². The smallest absolute Gasteiger partial charge is 0.185 e. The van der Waals surface area contributed by atoms with Crippen molar-refractivity contribution in [3.63, 3.8) is 0 Å². The molecule has 0 aliphatic rings. The molecule has 0 unspecified atom stereocenters. The molecule has 36 heavy (non-hydrogen) atoms. The number of ether oxygens (including phenoxy) is 1. The Morgan fingerprint density at radius 2 is 1.47 bits per heavy atom. The van der Waals surface area contributed by atoms with E-state index < -0.39 is 0 Å². The Morgan fingerprint density at radius 3 is 2.11 bits per heavy atom. The van der Waals surface area contributed by atoms with Gasteiger partial charge in [0.25, 0.3) is 0 Å². The van der Waals surface area contributed by atoms with Crippen molar-refractivity contribution in [3.05, 3.63) is 95.6 Å². The van der Waals surface area contributed by atoms with Crippen LogP contribution < -0.4 is 52.7 Å². The zero-order valence-electron chi connectivity index (χ0n) is 22.2. The maximum atomic E-state index is 13.0. The third-order valence-corrected chi connectivity index (χ3v) is 5.42. The fraction of sp³-hybridized carbons (Fsp3) is 0.300. The molecule has 6 heteroatoms. The molecule has 3 aromatic rings. The third kappa shape index (κ3) is 10.7. The van der Waals surface area contributed by atoms with E-state index in [9.17, 15) is 4.79 Å². The Morgan fingerprint density at radius 1 is 0.778 bits per heavy atom. The highest BCUT2D eigenvalue weighted by Gasteiger charge is 2.12. The number of ketones is 1. The van der Waals surface area contributed by atoms with Crippen molar-refractivity contribution in [1.82, 2.24) is 0 Å². The molecule has 0 bridgehead atoms. The SMILES string of the molecule is C[N+](C)(C)CCOc1ccc(-c2ccccc2)cc1/C=C/C(=O)c1cccc(C[N+](C)(C)C)c1.[I-].[I-]. The summed E-state index contributed by atoms with van der Waals surface area (Å²) in [4.78, 5) is 13.0. The average molecular weight is 712 g/mol. The monoisotopic (exact) mass is 712 g/mol. The maximum absolute atomic E-state index is 13.0. The summed E-state index contributed by atoms with van der Waals surface area (Å²) in [7, 11) is 12.9. The molecule has 4 nitrogen and oxygen atoms in total. The van der Waals surface area contributed by atoms with Crippen LogP contribution in [0.15, 0.2) is 78.9 Å². The Bertz CT molecular complexity index is 1150. The summed E-state index contributed by atoms with van der Waals surface area (Å²) in [6.45, 7) is 2.37. The fourth-order valence-electron chi connectivity index (χ4n) is 3.68. The van der Waals surface area contributed by atoms with E-state index in [1.54, 1.807) is 6.08 Å². The van der Waals surface area contributed by atoms with E-state index in [-0.39, 0.29) is 53.7 Å². The summed E-state index contributed by atoms with van der Waals surface area (Å²) < 4.78 is 7.78. The molecule has 0 aliphatic carbocycles. The molecule has 0 saturated heterocycles. The van der Waals surface area contributed by atoms with E-state index in [4.69, 9.17) is 4.74 Å². The number of carbonyl (C=O) groups excluding carboxylic acids is 1. The molecular formula is C30H38I2N2O2. The number of halogens is 2. The van der Waals surface area contributed by atoms with Crippen LogP contribution in [-0.4, -0.2) is 70.2 Å². The summed E-state index contributed by atoms with van der Waals surface area (Å²) >= 11 is 0. The molecule has 0 fully saturated rings. The number of hydrogen-bond donors (Lipinski definition) is 0. The first kappa shape index (κ1) is 32.3. The summed E-state index contributed by atoms with van der Waals surface area (Å²) in [5, 5.41) is 0. The zero-order chi connectivity index (χ0) is 24.8. The van der Waals surface area contributed by atoms with Crippen LogP contribution in [0.5, 0.6) is 5.75 Å². The van der Waals surface area contributed by atoms with Gasteiger partial charge in [-0.25, -0.2) is 0 Å². The minimum atomic E-state index is -0.00863. The molecule has 3 aromatic carbocycles. The third-order valence-electron chi connectivity index (χ3n) is 5.42. The number of carbonyl (C=O) groups is 1. The molecule has 3 rings (SSSR count). The summed E-state index contributed by atoms with van der Waals surface area (Å²) in [6, 6.07) is 24.3. The topological polar surface area (TPSA) is 26.3 Å². The van der Waals surface area contributed by atoms with Gasteiger partial charge in [0.2, 0.25) is 0 Å². The molecule has 0 amide bonds. The predicted octanol–water partition coefficient (Wildman–Crippen LogP) is -0.451. The second kappa shape index (κ2) is 14.3. The highest BCUT2D eigenvalue weighted by atomic mass is 127. The highest BCUT2D eigenvalue weighted by molar-refractivity contribution is 6.07. The number of likely N-dealkylation sites (N-methyl/N-ethyl adjacent to an activating group) is 1. The second-order valence-corrected chi connectivity index (χ2v) is 10.8. The van der Waals surface area contributed by atoms with Gasteiger partial charge in [-0.1, -0.05) is 54.6 Å². The fourth-order valence-corrected chi connectivity index (χ4v) is 3.68.